The van der Waals surface area contributed by atoms with Gasteiger partial charge < -0.3 is 41.2 Å². The highest BCUT2D eigenvalue weighted by molar-refractivity contribution is 8.00. The van der Waals surface area contributed by atoms with E-state index in [1.165, 1.54) is 0 Å². The zero-order valence-electron chi connectivity index (χ0n) is 29.4. The number of benzene rings is 1. The van der Waals surface area contributed by atoms with Crippen molar-refractivity contribution in [3.8, 4) is 5.75 Å². The number of unbranched alkanes of at least 4 members (excludes halogenated alkanes) is 2. The lowest BCUT2D eigenvalue weighted by molar-refractivity contribution is -0.138. The van der Waals surface area contributed by atoms with Gasteiger partial charge in [-0.1, -0.05) is 25.8 Å². The molecule has 7 N–H and O–H groups in total. The van der Waals surface area contributed by atoms with Gasteiger partial charge in [-0.05, 0) is 36.6 Å². The predicted molar refractivity (Wildman–Crippen MR) is 197 cm³/mol. The number of rotatable bonds is 21. The Morgan fingerprint density at radius 2 is 1.78 bits per heavy atom. The molecule has 15 nitrogen and oxygen atoms in total. The van der Waals surface area contributed by atoms with E-state index in [1.54, 1.807) is 12.0 Å². The van der Waals surface area contributed by atoms with Crippen LogP contribution in [0.2, 0.25) is 0 Å². The molecule has 0 saturated carbocycles. The summed E-state index contributed by atoms with van der Waals surface area (Å²) in [6.07, 6.45) is 5.36. The monoisotopic (exact) mass is 726 g/mol. The zero-order valence-corrected chi connectivity index (χ0v) is 30.2. The van der Waals surface area contributed by atoms with Gasteiger partial charge in [-0.2, -0.15) is 4.98 Å². The standard InChI is InChI=1S/C35H50N8O7S/c1-3-4-5-12-38-33-32-26(39-35(37)40-33)11-13-43(32)21-24-18-23(9-10-28(24)50-2)20-41-14-16-42(17-15-41)30(45)8-6-7-27(44)29(19-31(46)47)51-22-25(36)34(48)49/h9-11,13,18,25,29H,3-8,12,14-17,19-22,36H2,1-2H3,(H,46,47)(H,48,49)(H3,37,38,39,40)/t25-,29+/m0/s1. The van der Waals surface area contributed by atoms with E-state index < -0.39 is 29.7 Å². The number of nitrogens with zero attached hydrogens (tertiary/aromatic N) is 5. The number of carboxylic acids is 2. The molecule has 51 heavy (non-hydrogen) atoms. The van der Waals surface area contributed by atoms with Gasteiger partial charge in [0, 0.05) is 69.6 Å². The number of amides is 1. The molecule has 1 fully saturated rings. The molecule has 0 aliphatic carbocycles. The van der Waals surface area contributed by atoms with Gasteiger partial charge in [0.15, 0.2) is 5.82 Å². The average molecular weight is 727 g/mol. The Morgan fingerprint density at radius 1 is 1.02 bits per heavy atom. The minimum atomic E-state index is -1.22. The Kier molecular flexibility index (Phi) is 14.9. The van der Waals surface area contributed by atoms with E-state index in [4.69, 9.17) is 21.3 Å². The van der Waals surface area contributed by atoms with Crippen molar-refractivity contribution < 1.29 is 34.1 Å². The van der Waals surface area contributed by atoms with E-state index in [0.717, 1.165) is 65.5 Å². The van der Waals surface area contributed by atoms with Crippen LogP contribution in [0.15, 0.2) is 30.5 Å². The lowest BCUT2D eigenvalue weighted by atomic mass is 10.1. The molecule has 16 heteroatoms. The van der Waals surface area contributed by atoms with Crippen molar-refractivity contribution in [2.75, 3.05) is 56.6 Å². The minimum absolute atomic E-state index is 0.0371. The van der Waals surface area contributed by atoms with Crippen LogP contribution in [-0.2, 0) is 32.3 Å². The summed E-state index contributed by atoms with van der Waals surface area (Å²) in [5.41, 5.74) is 15.3. The first-order valence-electron chi connectivity index (χ1n) is 17.4. The molecular formula is C35H50N8O7S. The third kappa shape index (κ3) is 11.6. The lowest BCUT2D eigenvalue weighted by Gasteiger charge is -2.35. The highest BCUT2D eigenvalue weighted by atomic mass is 32.2. The number of aromatic nitrogens is 3. The molecule has 0 radical (unpaired) electrons. The SMILES string of the molecule is CCCCCNc1nc(N)nc2ccn(Cc3cc(CN4CCN(C(=O)CCCC(=O)[C@@H](CC(=O)O)SC[C@H](N)C(=O)O)CC4)ccc3OC)c12. The van der Waals surface area contributed by atoms with Crippen LogP contribution in [-0.4, -0.2) is 115 Å². The number of carbonyl (C=O) groups excluding carboxylic acids is 2. The second-order valence-electron chi connectivity index (χ2n) is 12.7. The molecule has 2 atom stereocenters. The number of nitrogens with two attached hydrogens (primary N) is 2. The Labute approximate surface area is 302 Å². The maximum absolute atomic E-state index is 13.0. The van der Waals surface area contributed by atoms with Crippen molar-refractivity contribution in [1.29, 1.82) is 0 Å². The number of piperazine rings is 1. The molecule has 0 unspecified atom stereocenters. The van der Waals surface area contributed by atoms with Crippen molar-refractivity contribution >= 4 is 58.2 Å². The van der Waals surface area contributed by atoms with Crippen LogP contribution in [0.4, 0.5) is 11.8 Å². The van der Waals surface area contributed by atoms with E-state index in [9.17, 15) is 24.3 Å². The van der Waals surface area contributed by atoms with Crippen LogP contribution < -0.4 is 21.5 Å². The van der Waals surface area contributed by atoms with Crippen molar-refractivity contribution in [1.82, 2.24) is 24.3 Å². The van der Waals surface area contributed by atoms with Crippen LogP contribution in [0.5, 0.6) is 5.75 Å². The number of Topliss-reactive ketones (excluding diaryl/α,β-unsaturated/α-hetero) is 1. The molecule has 0 bridgehead atoms. The molecule has 1 amide bonds. The van der Waals surface area contributed by atoms with Gasteiger partial charge in [-0.3, -0.25) is 24.1 Å². The summed E-state index contributed by atoms with van der Waals surface area (Å²) in [6.45, 7) is 6.74. The number of nitrogen functional groups attached to an aromatic ring is 1. The highest BCUT2D eigenvalue weighted by Gasteiger charge is 2.26. The van der Waals surface area contributed by atoms with Gasteiger partial charge in [-0.25, -0.2) is 4.98 Å². The molecule has 2 aromatic heterocycles. The number of aliphatic carboxylic acids is 2. The number of hydrogen-bond donors (Lipinski definition) is 5. The summed E-state index contributed by atoms with van der Waals surface area (Å²) < 4.78 is 7.83. The van der Waals surface area contributed by atoms with E-state index in [-0.39, 0.29) is 36.2 Å². The first-order valence-corrected chi connectivity index (χ1v) is 18.4. The van der Waals surface area contributed by atoms with Crippen molar-refractivity contribution in [2.45, 2.75) is 76.3 Å². The fourth-order valence-electron chi connectivity index (χ4n) is 6.06. The molecule has 3 aromatic rings. The third-order valence-corrected chi connectivity index (χ3v) is 10.2. The molecular weight excluding hydrogens is 677 g/mol. The minimum Gasteiger partial charge on any atom is -0.496 e. The molecule has 1 aliphatic heterocycles. The van der Waals surface area contributed by atoms with Crippen LogP contribution >= 0.6 is 11.8 Å². The summed E-state index contributed by atoms with van der Waals surface area (Å²) in [6, 6.07) is 6.94. The maximum atomic E-state index is 13.0. The van der Waals surface area contributed by atoms with E-state index in [2.05, 4.69) is 43.8 Å². The van der Waals surface area contributed by atoms with Crippen molar-refractivity contribution in [3.63, 3.8) is 0 Å². The van der Waals surface area contributed by atoms with Crippen LogP contribution in [0.3, 0.4) is 0 Å². The molecule has 1 aliphatic rings. The quantitative estimate of drug-likeness (QED) is 0.0997. The Hall–Kier alpha value is -4.41. The summed E-state index contributed by atoms with van der Waals surface area (Å²) in [4.78, 5) is 60.9. The van der Waals surface area contributed by atoms with Crippen LogP contribution in [0, 0.1) is 0 Å². The topological polar surface area (TPSA) is 219 Å². The van der Waals surface area contributed by atoms with Gasteiger partial charge >= 0.3 is 11.9 Å². The molecule has 278 valence electrons. The Bertz CT molecular complexity index is 1660. The number of hydrogen-bond acceptors (Lipinski definition) is 12. The molecule has 0 spiro atoms. The number of ether oxygens (including phenoxy) is 1. The Morgan fingerprint density at radius 3 is 2.47 bits per heavy atom. The first kappa shape index (κ1) is 39.4. The van der Waals surface area contributed by atoms with Crippen molar-refractivity contribution in [3.05, 3.63) is 41.6 Å². The molecule has 1 aromatic carbocycles. The predicted octanol–water partition coefficient (Wildman–Crippen LogP) is 3.04. The molecule has 4 rings (SSSR count). The number of ketones is 1. The van der Waals surface area contributed by atoms with Gasteiger partial charge in [0.25, 0.3) is 0 Å². The normalized spacial score (nSPS) is 14.7. The molecule has 1 saturated heterocycles. The zero-order chi connectivity index (χ0) is 36.9. The largest absolute Gasteiger partial charge is 0.496 e. The smallest absolute Gasteiger partial charge is 0.321 e. The van der Waals surface area contributed by atoms with Crippen molar-refractivity contribution in [2.24, 2.45) is 5.73 Å². The maximum Gasteiger partial charge on any atom is 0.321 e. The van der Waals surface area contributed by atoms with E-state index >= 15 is 0 Å². The summed E-state index contributed by atoms with van der Waals surface area (Å²) in [7, 11) is 1.66. The van der Waals surface area contributed by atoms with Gasteiger partial charge in [0.2, 0.25) is 11.9 Å². The molecule has 3 heterocycles. The number of anilines is 2. The number of nitrogens with one attached hydrogen (secondary N) is 1. The number of carboxylic acid groups (broad SMARTS) is 2. The fraction of sp³-hybridized carbons (Fsp3) is 0.543. The highest BCUT2D eigenvalue weighted by Crippen LogP contribution is 2.28. The summed E-state index contributed by atoms with van der Waals surface area (Å²) in [5.74, 6) is -1.09. The van der Waals surface area contributed by atoms with Crippen LogP contribution in [0.25, 0.3) is 11.0 Å². The summed E-state index contributed by atoms with van der Waals surface area (Å²) in [5, 5.41) is 20.7. The van der Waals surface area contributed by atoms with E-state index in [1.807, 2.05) is 18.3 Å². The van der Waals surface area contributed by atoms with Gasteiger partial charge in [0.1, 0.15) is 23.1 Å². The fourth-order valence-corrected chi connectivity index (χ4v) is 7.21. The summed E-state index contributed by atoms with van der Waals surface area (Å²) >= 11 is 0.934. The average Bonchev–Trinajstić information content (AvgIpc) is 3.50. The Balaban J connectivity index is 1.30. The number of fused-ring (bicyclic) bond motifs is 1. The van der Waals surface area contributed by atoms with Gasteiger partial charge in [0.05, 0.1) is 30.8 Å². The van der Waals surface area contributed by atoms with Crippen LogP contribution in [0.1, 0.15) is 63.0 Å². The van der Waals surface area contributed by atoms with E-state index in [0.29, 0.717) is 51.5 Å². The van der Waals surface area contributed by atoms with Gasteiger partial charge in [-0.15, -0.1) is 11.8 Å². The number of thioether (sulfide) groups is 1. The number of carbonyl (C=O) groups is 4. The second kappa shape index (κ2) is 19.3. The first-order chi connectivity index (χ1) is 24.5. The third-order valence-electron chi connectivity index (χ3n) is 8.84. The lowest BCUT2D eigenvalue weighted by Crippen LogP contribution is -2.48. The number of methoxy groups -OCH3 is 1. The second-order valence-corrected chi connectivity index (χ2v) is 14.0.